The van der Waals surface area contributed by atoms with E-state index in [1.807, 2.05) is 11.8 Å². The van der Waals surface area contributed by atoms with Gasteiger partial charge in [0.25, 0.3) is 0 Å². The number of carbonyl (C=O) groups excluding carboxylic acids is 1. The number of rotatable bonds is 4. The van der Waals surface area contributed by atoms with Crippen LogP contribution in [0.25, 0.3) is 0 Å². The van der Waals surface area contributed by atoms with E-state index in [9.17, 15) is 4.79 Å². The van der Waals surface area contributed by atoms with Crippen molar-refractivity contribution in [2.75, 3.05) is 18.1 Å². The summed E-state index contributed by atoms with van der Waals surface area (Å²) >= 11 is 2.00. The third-order valence-electron chi connectivity index (χ3n) is 3.61. The third-order valence-corrected chi connectivity index (χ3v) is 4.66. The van der Waals surface area contributed by atoms with Crippen LogP contribution >= 0.6 is 11.8 Å². The Labute approximate surface area is 101 Å². The van der Waals surface area contributed by atoms with Gasteiger partial charge in [0.1, 0.15) is 0 Å². The van der Waals surface area contributed by atoms with Crippen LogP contribution in [0.4, 0.5) is 0 Å². The average Bonchev–Trinajstić information content (AvgIpc) is 2.24. The molecule has 0 aromatic rings. The summed E-state index contributed by atoms with van der Waals surface area (Å²) in [5.41, 5.74) is 0. The minimum atomic E-state index is -0.114. The second kappa shape index (κ2) is 5.92. The molecule has 0 bridgehead atoms. The molecule has 0 aromatic carbocycles. The molecule has 0 unspecified atom stereocenters. The normalized spacial score (nSPS) is 30.8. The lowest BCUT2D eigenvalue weighted by atomic mass is 9.82. The summed E-state index contributed by atoms with van der Waals surface area (Å²) in [6, 6.07) is 0. The average molecular weight is 243 g/mol. The largest absolute Gasteiger partial charge is 0.393 e. The van der Waals surface area contributed by atoms with Gasteiger partial charge >= 0.3 is 0 Å². The predicted molar refractivity (Wildman–Crippen MR) is 66.4 cm³/mol. The third kappa shape index (κ3) is 3.67. The Morgan fingerprint density at radius 3 is 2.56 bits per heavy atom. The van der Waals surface area contributed by atoms with E-state index in [1.165, 1.54) is 24.3 Å². The number of amides is 1. The molecule has 1 saturated heterocycles. The van der Waals surface area contributed by atoms with E-state index in [0.29, 0.717) is 18.3 Å². The zero-order chi connectivity index (χ0) is 11.4. The van der Waals surface area contributed by atoms with Crippen molar-refractivity contribution >= 4 is 17.7 Å². The van der Waals surface area contributed by atoms with Crippen LogP contribution in [-0.4, -0.2) is 35.2 Å². The summed E-state index contributed by atoms with van der Waals surface area (Å²) in [6.07, 6.45) is 4.70. The van der Waals surface area contributed by atoms with Gasteiger partial charge < -0.3 is 10.4 Å². The molecular weight excluding hydrogens is 222 g/mol. The number of carbonyl (C=O) groups is 1. The molecule has 1 amide bonds. The van der Waals surface area contributed by atoms with Crippen LogP contribution in [0.1, 0.15) is 32.1 Å². The molecule has 0 radical (unpaired) electrons. The first-order valence-electron chi connectivity index (χ1n) is 6.26. The molecule has 0 spiro atoms. The molecule has 1 aliphatic heterocycles. The Kier molecular flexibility index (Phi) is 4.53. The van der Waals surface area contributed by atoms with E-state index >= 15 is 0 Å². The second-order valence-electron chi connectivity index (χ2n) is 5.06. The van der Waals surface area contributed by atoms with Crippen molar-refractivity contribution in [1.29, 1.82) is 0 Å². The zero-order valence-corrected chi connectivity index (χ0v) is 10.5. The molecule has 1 saturated carbocycles. The van der Waals surface area contributed by atoms with Crippen LogP contribution in [0.5, 0.6) is 0 Å². The maximum absolute atomic E-state index is 11.7. The molecule has 0 aromatic heterocycles. The number of aliphatic hydroxyl groups excluding tert-OH is 1. The predicted octanol–water partition coefficient (Wildman–Crippen LogP) is 1.41. The summed E-state index contributed by atoms with van der Waals surface area (Å²) < 4.78 is 0. The molecule has 2 N–H and O–H groups in total. The minimum Gasteiger partial charge on any atom is -0.393 e. The molecule has 2 rings (SSSR count). The summed E-state index contributed by atoms with van der Waals surface area (Å²) in [7, 11) is 0. The first kappa shape index (κ1) is 12.2. The highest BCUT2D eigenvalue weighted by Crippen LogP contribution is 2.27. The topological polar surface area (TPSA) is 49.3 Å². The Hall–Kier alpha value is -0.220. The standard InChI is InChI=1S/C12H21NO2S/c14-11-5-10(6-11)8-13-12(15)7-9-1-3-16-4-2-9/h9-11,14H,1-8H2,(H,13,15). The molecule has 0 atom stereocenters. The minimum absolute atomic E-state index is 0.114. The Morgan fingerprint density at radius 2 is 1.94 bits per heavy atom. The molecular formula is C12H21NO2S. The van der Waals surface area contributed by atoms with E-state index in [0.717, 1.165) is 19.4 Å². The van der Waals surface area contributed by atoms with Crippen molar-refractivity contribution in [3.8, 4) is 0 Å². The van der Waals surface area contributed by atoms with Gasteiger partial charge in [-0.15, -0.1) is 0 Å². The van der Waals surface area contributed by atoms with Crippen LogP contribution in [0.3, 0.4) is 0 Å². The lowest BCUT2D eigenvalue weighted by molar-refractivity contribution is -0.122. The molecule has 2 aliphatic rings. The van der Waals surface area contributed by atoms with Crippen molar-refractivity contribution in [3.05, 3.63) is 0 Å². The number of nitrogens with one attached hydrogen (secondary N) is 1. The van der Waals surface area contributed by atoms with Gasteiger partial charge in [0.05, 0.1) is 6.10 Å². The van der Waals surface area contributed by atoms with Gasteiger partial charge in [0.15, 0.2) is 0 Å². The Morgan fingerprint density at radius 1 is 1.25 bits per heavy atom. The zero-order valence-electron chi connectivity index (χ0n) is 9.65. The van der Waals surface area contributed by atoms with Crippen LogP contribution in [0.15, 0.2) is 0 Å². The number of aliphatic hydroxyl groups is 1. The van der Waals surface area contributed by atoms with Crippen molar-refractivity contribution < 1.29 is 9.90 Å². The van der Waals surface area contributed by atoms with E-state index in [1.54, 1.807) is 0 Å². The first-order chi connectivity index (χ1) is 7.74. The number of hydrogen-bond donors (Lipinski definition) is 2. The molecule has 4 heteroatoms. The SMILES string of the molecule is O=C(CC1CCSCC1)NCC1CC(O)C1. The van der Waals surface area contributed by atoms with Crippen molar-refractivity contribution in [1.82, 2.24) is 5.32 Å². The van der Waals surface area contributed by atoms with Crippen molar-refractivity contribution in [3.63, 3.8) is 0 Å². The van der Waals surface area contributed by atoms with E-state index in [-0.39, 0.29) is 12.0 Å². The first-order valence-corrected chi connectivity index (χ1v) is 7.42. The Bertz CT molecular complexity index is 235. The fourth-order valence-electron chi connectivity index (χ4n) is 2.41. The van der Waals surface area contributed by atoms with Gasteiger partial charge in [-0.3, -0.25) is 4.79 Å². The molecule has 92 valence electrons. The lowest BCUT2D eigenvalue weighted by Gasteiger charge is -2.31. The molecule has 1 aliphatic carbocycles. The summed E-state index contributed by atoms with van der Waals surface area (Å²) in [4.78, 5) is 11.7. The lowest BCUT2D eigenvalue weighted by Crippen LogP contribution is -2.39. The van der Waals surface area contributed by atoms with E-state index < -0.39 is 0 Å². The summed E-state index contributed by atoms with van der Waals surface area (Å²) in [6.45, 7) is 0.761. The van der Waals surface area contributed by atoms with Gasteiger partial charge in [0.2, 0.25) is 5.91 Å². The maximum atomic E-state index is 11.7. The molecule has 16 heavy (non-hydrogen) atoms. The molecule has 1 heterocycles. The van der Waals surface area contributed by atoms with Crippen LogP contribution < -0.4 is 5.32 Å². The fraction of sp³-hybridized carbons (Fsp3) is 0.917. The Balaban J connectivity index is 1.57. The highest BCUT2D eigenvalue weighted by atomic mass is 32.2. The summed E-state index contributed by atoms with van der Waals surface area (Å²) in [5.74, 6) is 3.76. The van der Waals surface area contributed by atoms with Gasteiger partial charge in [-0.2, -0.15) is 11.8 Å². The number of thioether (sulfide) groups is 1. The van der Waals surface area contributed by atoms with Gasteiger partial charge in [0, 0.05) is 13.0 Å². The highest BCUT2D eigenvalue weighted by molar-refractivity contribution is 7.99. The van der Waals surface area contributed by atoms with Crippen molar-refractivity contribution in [2.45, 2.75) is 38.2 Å². The molecule has 2 fully saturated rings. The second-order valence-corrected chi connectivity index (χ2v) is 6.28. The smallest absolute Gasteiger partial charge is 0.220 e. The van der Waals surface area contributed by atoms with Crippen LogP contribution in [-0.2, 0) is 4.79 Å². The van der Waals surface area contributed by atoms with Crippen LogP contribution in [0.2, 0.25) is 0 Å². The van der Waals surface area contributed by atoms with Crippen molar-refractivity contribution in [2.24, 2.45) is 11.8 Å². The van der Waals surface area contributed by atoms with Gasteiger partial charge in [-0.05, 0) is 49.0 Å². The summed E-state index contributed by atoms with van der Waals surface area (Å²) in [5, 5.41) is 12.1. The van der Waals surface area contributed by atoms with E-state index in [2.05, 4.69) is 5.32 Å². The monoisotopic (exact) mass is 243 g/mol. The number of hydrogen-bond acceptors (Lipinski definition) is 3. The highest BCUT2D eigenvalue weighted by Gasteiger charge is 2.27. The van der Waals surface area contributed by atoms with Gasteiger partial charge in [-0.1, -0.05) is 0 Å². The van der Waals surface area contributed by atoms with E-state index in [4.69, 9.17) is 5.11 Å². The quantitative estimate of drug-likeness (QED) is 0.785. The fourth-order valence-corrected chi connectivity index (χ4v) is 3.61. The van der Waals surface area contributed by atoms with Crippen LogP contribution in [0, 0.1) is 11.8 Å². The maximum Gasteiger partial charge on any atom is 0.220 e. The van der Waals surface area contributed by atoms with Gasteiger partial charge in [-0.25, -0.2) is 0 Å². The molecule has 3 nitrogen and oxygen atoms in total.